The molecular formula is C14H14N2O2S. The van der Waals surface area contributed by atoms with Crippen LogP contribution in [0.1, 0.15) is 11.5 Å². The molecule has 0 unspecified atom stereocenters. The van der Waals surface area contributed by atoms with Crippen LogP contribution in [0.3, 0.4) is 0 Å². The Balaban J connectivity index is 1.71. The van der Waals surface area contributed by atoms with Crippen molar-refractivity contribution in [3.8, 4) is 5.75 Å². The van der Waals surface area contributed by atoms with Gasteiger partial charge < -0.3 is 14.5 Å². The van der Waals surface area contributed by atoms with Gasteiger partial charge in [-0.3, -0.25) is 0 Å². The van der Waals surface area contributed by atoms with Crippen LogP contribution in [0.2, 0.25) is 0 Å². The quantitative estimate of drug-likeness (QED) is 0.776. The lowest BCUT2D eigenvalue weighted by atomic mass is 10.2. The molecule has 2 heterocycles. The van der Waals surface area contributed by atoms with Gasteiger partial charge in [0.15, 0.2) is 11.3 Å². The Bertz CT molecular complexity index is 661. The Morgan fingerprint density at radius 3 is 3.11 bits per heavy atom. The average Bonchev–Trinajstić information content (AvgIpc) is 3.06. The maximum atomic E-state index is 5.80. The van der Waals surface area contributed by atoms with Crippen molar-refractivity contribution in [2.75, 3.05) is 7.11 Å². The number of fused-ring (bicyclic) bond motifs is 1. The van der Waals surface area contributed by atoms with E-state index in [-0.39, 0.29) is 0 Å². The van der Waals surface area contributed by atoms with Crippen molar-refractivity contribution in [2.45, 2.75) is 13.1 Å². The molecule has 5 heteroatoms. The fraction of sp³-hybridized carbons (Fsp3) is 0.214. The number of aromatic nitrogens is 1. The van der Waals surface area contributed by atoms with Gasteiger partial charge in [-0.25, -0.2) is 4.98 Å². The van der Waals surface area contributed by atoms with E-state index in [2.05, 4.69) is 10.3 Å². The summed E-state index contributed by atoms with van der Waals surface area (Å²) in [4.78, 5) is 4.22. The predicted molar refractivity (Wildman–Crippen MR) is 75.4 cm³/mol. The highest BCUT2D eigenvalue weighted by Crippen LogP contribution is 2.28. The smallest absolute Gasteiger partial charge is 0.176 e. The van der Waals surface area contributed by atoms with Gasteiger partial charge in [-0.1, -0.05) is 12.1 Å². The molecule has 1 N–H and O–H groups in total. The molecule has 0 saturated heterocycles. The van der Waals surface area contributed by atoms with E-state index in [0.29, 0.717) is 6.54 Å². The van der Waals surface area contributed by atoms with Crippen molar-refractivity contribution < 1.29 is 9.15 Å². The number of thiazole rings is 1. The SMILES string of the molecule is COc1cccc2cc(CNCc3cscn3)oc12. The molecule has 4 nitrogen and oxygen atoms in total. The van der Waals surface area contributed by atoms with Gasteiger partial charge in [0.05, 0.1) is 24.9 Å². The van der Waals surface area contributed by atoms with Crippen LogP contribution in [0, 0.1) is 0 Å². The van der Waals surface area contributed by atoms with Crippen LogP contribution in [-0.4, -0.2) is 12.1 Å². The van der Waals surface area contributed by atoms with Crippen LogP contribution in [-0.2, 0) is 13.1 Å². The first-order chi connectivity index (χ1) is 9.36. The second-order valence-electron chi connectivity index (χ2n) is 4.17. The molecule has 0 spiro atoms. The predicted octanol–water partition coefficient (Wildman–Crippen LogP) is 3.19. The summed E-state index contributed by atoms with van der Waals surface area (Å²) >= 11 is 1.60. The Morgan fingerprint density at radius 2 is 2.32 bits per heavy atom. The van der Waals surface area contributed by atoms with E-state index in [1.165, 1.54) is 0 Å². The van der Waals surface area contributed by atoms with E-state index < -0.39 is 0 Å². The van der Waals surface area contributed by atoms with Crippen molar-refractivity contribution in [1.82, 2.24) is 10.3 Å². The largest absolute Gasteiger partial charge is 0.493 e. The summed E-state index contributed by atoms with van der Waals surface area (Å²) in [7, 11) is 1.65. The third-order valence-electron chi connectivity index (χ3n) is 2.87. The summed E-state index contributed by atoms with van der Waals surface area (Å²) in [6.07, 6.45) is 0. The van der Waals surface area contributed by atoms with E-state index >= 15 is 0 Å². The molecule has 0 aliphatic rings. The van der Waals surface area contributed by atoms with Gasteiger partial charge in [0.1, 0.15) is 5.76 Å². The number of hydrogen-bond donors (Lipinski definition) is 1. The molecule has 0 radical (unpaired) electrons. The third-order valence-corrected chi connectivity index (χ3v) is 3.50. The number of furan rings is 1. The molecule has 0 aliphatic carbocycles. The molecule has 98 valence electrons. The molecule has 2 aromatic heterocycles. The third kappa shape index (κ3) is 2.62. The molecule has 0 amide bonds. The summed E-state index contributed by atoms with van der Waals surface area (Å²) in [5, 5.41) is 6.41. The summed E-state index contributed by atoms with van der Waals surface area (Å²) in [6, 6.07) is 7.92. The molecule has 3 rings (SSSR count). The number of nitrogens with one attached hydrogen (secondary N) is 1. The topological polar surface area (TPSA) is 47.3 Å². The summed E-state index contributed by atoms with van der Waals surface area (Å²) in [6.45, 7) is 1.42. The Morgan fingerprint density at radius 1 is 1.37 bits per heavy atom. The molecule has 0 bridgehead atoms. The maximum Gasteiger partial charge on any atom is 0.176 e. The Kier molecular flexibility index (Phi) is 3.48. The first-order valence-electron chi connectivity index (χ1n) is 6.00. The lowest BCUT2D eigenvalue weighted by Crippen LogP contribution is -2.12. The minimum atomic E-state index is 0.676. The molecule has 0 atom stereocenters. The monoisotopic (exact) mass is 274 g/mol. The molecule has 0 fully saturated rings. The molecular weight excluding hydrogens is 260 g/mol. The molecule has 3 aromatic rings. The second kappa shape index (κ2) is 5.42. The maximum absolute atomic E-state index is 5.80. The zero-order valence-electron chi connectivity index (χ0n) is 10.6. The van der Waals surface area contributed by atoms with Gasteiger partial charge >= 0.3 is 0 Å². The van der Waals surface area contributed by atoms with Crippen molar-refractivity contribution in [3.63, 3.8) is 0 Å². The number of para-hydroxylation sites is 1. The number of ether oxygens (including phenoxy) is 1. The first kappa shape index (κ1) is 12.2. The lowest BCUT2D eigenvalue weighted by Gasteiger charge is -2.00. The van der Waals surface area contributed by atoms with Crippen molar-refractivity contribution >= 4 is 22.3 Å². The fourth-order valence-corrected chi connectivity index (χ4v) is 2.53. The van der Waals surface area contributed by atoms with E-state index in [9.17, 15) is 0 Å². The zero-order valence-corrected chi connectivity index (χ0v) is 11.4. The number of nitrogens with zero attached hydrogens (tertiary/aromatic N) is 1. The van der Waals surface area contributed by atoms with Crippen LogP contribution in [0.15, 0.2) is 39.6 Å². The molecule has 0 saturated carbocycles. The van der Waals surface area contributed by atoms with Crippen LogP contribution < -0.4 is 10.1 Å². The van der Waals surface area contributed by atoms with Gasteiger partial charge in [-0.2, -0.15) is 0 Å². The highest BCUT2D eigenvalue weighted by Gasteiger charge is 2.08. The minimum Gasteiger partial charge on any atom is -0.493 e. The van der Waals surface area contributed by atoms with Crippen LogP contribution in [0.25, 0.3) is 11.0 Å². The zero-order chi connectivity index (χ0) is 13.1. The van der Waals surface area contributed by atoms with Crippen molar-refractivity contribution in [1.29, 1.82) is 0 Å². The van der Waals surface area contributed by atoms with E-state index in [4.69, 9.17) is 9.15 Å². The fourth-order valence-electron chi connectivity index (χ4n) is 1.98. The average molecular weight is 274 g/mol. The highest BCUT2D eigenvalue weighted by atomic mass is 32.1. The first-order valence-corrected chi connectivity index (χ1v) is 6.94. The van der Waals surface area contributed by atoms with Gasteiger partial charge in [0.25, 0.3) is 0 Å². The molecule has 1 aromatic carbocycles. The van der Waals surface area contributed by atoms with E-state index in [0.717, 1.165) is 34.7 Å². The van der Waals surface area contributed by atoms with Gasteiger partial charge in [-0.05, 0) is 12.1 Å². The lowest BCUT2D eigenvalue weighted by molar-refractivity contribution is 0.406. The van der Waals surface area contributed by atoms with E-state index in [1.54, 1.807) is 18.4 Å². The summed E-state index contributed by atoms with van der Waals surface area (Å²) in [5.74, 6) is 1.66. The van der Waals surface area contributed by atoms with Crippen LogP contribution in [0.5, 0.6) is 5.75 Å². The Hall–Kier alpha value is -1.85. The normalized spacial score (nSPS) is 11.0. The van der Waals surface area contributed by atoms with Crippen molar-refractivity contribution in [3.05, 3.63) is 46.6 Å². The summed E-state index contributed by atoms with van der Waals surface area (Å²) < 4.78 is 11.1. The van der Waals surface area contributed by atoms with Crippen molar-refractivity contribution in [2.24, 2.45) is 0 Å². The number of hydrogen-bond acceptors (Lipinski definition) is 5. The standard InChI is InChI=1S/C14H14N2O2S/c1-17-13-4-2-3-10-5-12(18-14(10)13)7-15-6-11-8-19-9-16-11/h2-5,8-9,15H,6-7H2,1H3. The van der Waals surface area contributed by atoms with Gasteiger partial charge in [0, 0.05) is 17.3 Å². The van der Waals surface area contributed by atoms with E-state index in [1.807, 2.05) is 35.2 Å². The number of methoxy groups -OCH3 is 1. The molecule has 19 heavy (non-hydrogen) atoms. The van der Waals surface area contributed by atoms with Crippen LogP contribution >= 0.6 is 11.3 Å². The molecule has 0 aliphatic heterocycles. The Labute approximate surface area is 115 Å². The number of rotatable bonds is 5. The summed E-state index contributed by atoms with van der Waals surface area (Å²) in [5.41, 5.74) is 3.69. The minimum absolute atomic E-state index is 0.676. The van der Waals surface area contributed by atoms with Gasteiger partial charge in [-0.15, -0.1) is 11.3 Å². The van der Waals surface area contributed by atoms with Gasteiger partial charge in [0.2, 0.25) is 0 Å². The number of benzene rings is 1. The highest BCUT2D eigenvalue weighted by molar-refractivity contribution is 7.07. The second-order valence-corrected chi connectivity index (χ2v) is 4.89. The van der Waals surface area contributed by atoms with Crippen LogP contribution in [0.4, 0.5) is 0 Å².